The topological polar surface area (TPSA) is 35.5 Å². The molecule has 1 aliphatic carbocycles. The lowest BCUT2D eigenvalue weighted by atomic mass is 10.3. The first-order valence-corrected chi connectivity index (χ1v) is 4.05. The summed E-state index contributed by atoms with van der Waals surface area (Å²) in [4.78, 5) is 11.1. The highest BCUT2D eigenvalue weighted by Crippen LogP contribution is 2.39. The van der Waals surface area contributed by atoms with Crippen molar-refractivity contribution in [2.75, 3.05) is 13.2 Å². The number of esters is 1. The van der Waals surface area contributed by atoms with Crippen LogP contribution in [0.2, 0.25) is 0 Å². The second-order valence-corrected chi connectivity index (χ2v) is 3.42. The van der Waals surface area contributed by atoms with Gasteiger partial charge in [-0.25, -0.2) is 0 Å². The molecule has 0 radical (unpaired) electrons. The Morgan fingerprint density at radius 2 is 2.18 bits per heavy atom. The summed E-state index contributed by atoms with van der Waals surface area (Å²) in [6.45, 7) is 3.25. The molecular weight excluding hydrogens is 144 g/mol. The van der Waals surface area contributed by atoms with E-state index in [1.807, 2.05) is 0 Å². The van der Waals surface area contributed by atoms with Crippen LogP contribution in [0.1, 0.15) is 13.3 Å². The third kappa shape index (κ3) is 1.38. The van der Waals surface area contributed by atoms with Crippen LogP contribution in [-0.4, -0.2) is 25.3 Å². The molecule has 2 fully saturated rings. The lowest BCUT2D eigenvalue weighted by molar-refractivity contribution is -0.173. The fraction of sp³-hybridized carbons (Fsp3) is 0.875. The summed E-state index contributed by atoms with van der Waals surface area (Å²) >= 11 is 0. The third-order valence-electron chi connectivity index (χ3n) is 2.30. The Labute approximate surface area is 65.7 Å². The zero-order chi connectivity index (χ0) is 7.84. The fourth-order valence-corrected chi connectivity index (χ4v) is 1.18. The summed E-state index contributed by atoms with van der Waals surface area (Å²) in [5.41, 5.74) is 0. The predicted molar refractivity (Wildman–Crippen MR) is 38.0 cm³/mol. The largest absolute Gasteiger partial charge is 0.457 e. The zero-order valence-electron chi connectivity index (χ0n) is 6.58. The van der Waals surface area contributed by atoms with E-state index in [4.69, 9.17) is 9.47 Å². The standard InChI is InChI=1S/C8H12O3/c1-5-2-7(5)8(9)11-6-3-10-4-6/h5-7H,2-4H2,1H3/t5-,7-/m1/s1. The van der Waals surface area contributed by atoms with Gasteiger partial charge in [-0.1, -0.05) is 6.92 Å². The summed E-state index contributed by atoms with van der Waals surface area (Å²) in [7, 11) is 0. The number of rotatable bonds is 2. The Morgan fingerprint density at radius 1 is 1.55 bits per heavy atom. The first-order valence-electron chi connectivity index (χ1n) is 4.05. The number of hydrogen-bond acceptors (Lipinski definition) is 3. The molecule has 11 heavy (non-hydrogen) atoms. The molecule has 0 amide bonds. The smallest absolute Gasteiger partial charge is 0.309 e. The lowest BCUT2D eigenvalue weighted by Crippen LogP contribution is -2.38. The van der Waals surface area contributed by atoms with Crippen LogP contribution < -0.4 is 0 Å². The highest BCUT2D eigenvalue weighted by atomic mass is 16.6. The minimum atomic E-state index is -0.0224. The average Bonchev–Trinajstić information content (AvgIpc) is 2.57. The van der Waals surface area contributed by atoms with Gasteiger partial charge in [-0.2, -0.15) is 0 Å². The molecule has 3 heteroatoms. The van der Waals surface area contributed by atoms with E-state index in [1.54, 1.807) is 0 Å². The van der Waals surface area contributed by atoms with Gasteiger partial charge in [0.1, 0.15) is 6.10 Å². The van der Waals surface area contributed by atoms with E-state index < -0.39 is 0 Å². The molecule has 0 N–H and O–H groups in total. The summed E-state index contributed by atoms with van der Waals surface area (Å²) < 4.78 is 10.0. The Hall–Kier alpha value is -0.570. The monoisotopic (exact) mass is 156 g/mol. The maximum atomic E-state index is 11.1. The van der Waals surface area contributed by atoms with Crippen molar-refractivity contribution >= 4 is 5.97 Å². The van der Waals surface area contributed by atoms with Crippen LogP contribution in [0.25, 0.3) is 0 Å². The number of carbonyl (C=O) groups excluding carboxylic acids is 1. The van der Waals surface area contributed by atoms with Crippen molar-refractivity contribution in [3.63, 3.8) is 0 Å². The second kappa shape index (κ2) is 2.48. The molecule has 0 aromatic carbocycles. The summed E-state index contributed by atoms with van der Waals surface area (Å²) in [5, 5.41) is 0. The molecule has 0 aromatic heterocycles. The first kappa shape index (κ1) is 7.10. The highest BCUT2D eigenvalue weighted by Gasteiger charge is 2.42. The van der Waals surface area contributed by atoms with Crippen LogP contribution in [0, 0.1) is 11.8 Å². The van der Waals surface area contributed by atoms with Gasteiger partial charge < -0.3 is 9.47 Å². The van der Waals surface area contributed by atoms with E-state index in [0.29, 0.717) is 19.1 Å². The molecular formula is C8H12O3. The van der Waals surface area contributed by atoms with E-state index in [1.165, 1.54) is 0 Å². The third-order valence-corrected chi connectivity index (χ3v) is 2.30. The van der Waals surface area contributed by atoms with E-state index in [-0.39, 0.29) is 18.0 Å². The average molecular weight is 156 g/mol. The van der Waals surface area contributed by atoms with Crippen LogP contribution in [-0.2, 0) is 14.3 Å². The van der Waals surface area contributed by atoms with Gasteiger partial charge in [0.2, 0.25) is 0 Å². The molecule has 62 valence electrons. The van der Waals surface area contributed by atoms with Crippen LogP contribution in [0.5, 0.6) is 0 Å². The van der Waals surface area contributed by atoms with Crippen LogP contribution in [0.15, 0.2) is 0 Å². The molecule has 2 atom stereocenters. The van der Waals surface area contributed by atoms with Crippen molar-refractivity contribution in [2.45, 2.75) is 19.4 Å². The fourth-order valence-electron chi connectivity index (χ4n) is 1.18. The molecule has 1 saturated carbocycles. The van der Waals surface area contributed by atoms with E-state index >= 15 is 0 Å². The van der Waals surface area contributed by atoms with Crippen LogP contribution in [0.3, 0.4) is 0 Å². The Morgan fingerprint density at radius 3 is 2.55 bits per heavy atom. The number of carbonyl (C=O) groups is 1. The molecule has 1 aliphatic heterocycles. The van der Waals surface area contributed by atoms with Crippen molar-refractivity contribution in [1.29, 1.82) is 0 Å². The van der Waals surface area contributed by atoms with Gasteiger partial charge in [0, 0.05) is 0 Å². The maximum Gasteiger partial charge on any atom is 0.309 e. The minimum Gasteiger partial charge on any atom is -0.457 e. The highest BCUT2D eigenvalue weighted by molar-refractivity contribution is 5.75. The van der Waals surface area contributed by atoms with E-state index in [9.17, 15) is 4.79 Å². The summed E-state index contributed by atoms with van der Waals surface area (Å²) in [5.74, 6) is 0.713. The lowest BCUT2D eigenvalue weighted by Gasteiger charge is -2.25. The van der Waals surface area contributed by atoms with Gasteiger partial charge in [-0.3, -0.25) is 4.79 Å². The van der Waals surface area contributed by atoms with Crippen molar-refractivity contribution in [3.05, 3.63) is 0 Å². The van der Waals surface area contributed by atoms with Gasteiger partial charge in [0.15, 0.2) is 0 Å². The Balaban J connectivity index is 1.73. The second-order valence-electron chi connectivity index (χ2n) is 3.42. The van der Waals surface area contributed by atoms with Crippen molar-refractivity contribution in [1.82, 2.24) is 0 Å². The summed E-state index contributed by atoms with van der Waals surface area (Å²) in [6.07, 6.45) is 1.06. The summed E-state index contributed by atoms with van der Waals surface area (Å²) in [6, 6.07) is 0. The van der Waals surface area contributed by atoms with Crippen LogP contribution in [0.4, 0.5) is 0 Å². The molecule has 3 nitrogen and oxygen atoms in total. The maximum absolute atomic E-state index is 11.1. The Bertz CT molecular complexity index is 174. The Kier molecular flexibility index (Phi) is 1.60. The van der Waals surface area contributed by atoms with Gasteiger partial charge in [0.25, 0.3) is 0 Å². The molecule has 0 aromatic rings. The number of ether oxygens (including phenoxy) is 2. The molecule has 2 rings (SSSR count). The zero-order valence-corrected chi connectivity index (χ0v) is 6.58. The van der Waals surface area contributed by atoms with Crippen LogP contribution >= 0.6 is 0 Å². The first-order chi connectivity index (χ1) is 5.27. The predicted octanol–water partition coefficient (Wildman–Crippen LogP) is 0.584. The molecule has 0 spiro atoms. The van der Waals surface area contributed by atoms with Gasteiger partial charge >= 0.3 is 5.97 Å². The van der Waals surface area contributed by atoms with Gasteiger partial charge in [-0.05, 0) is 12.3 Å². The minimum absolute atomic E-state index is 0.0224. The SMILES string of the molecule is C[C@@H]1C[C@H]1C(=O)OC1COC1. The molecule has 2 aliphatic rings. The van der Waals surface area contributed by atoms with Crippen molar-refractivity contribution < 1.29 is 14.3 Å². The molecule has 0 bridgehead atoms. The molecule has 1 heterocycles. The normalized spacial score (nSPS) is 36.1. The number of hydrogen-bond donors (Lipinski definition) is 0. The van der Waals surface area contributed by atoms with Gasteiger partial charge in [-0.15, -0.1) is 0 Å². The quantitative estimate of drug-likeness (QED) is 0.549. The van der Waals surface area contributed by atoms with Gasteiger partial charge in [0.05, 0.1) is 19.1 Å². The van der Waals surface area contributed by atoms with E-state index in [0.717, 1.165) is 6.42 Å². The van der Waals surface area contributed by atoms with E-state index in [2.05, 4.69) is 6.92 Å². The van der Waals surface area contributed by atoms with Crippen molar-refractivity contribution in [3.8, 4) is 0 Å². The molecule has 1 saturated heterocycles. The molecule has 0 unspecified atom stereocenters. The van der Waals surface area contributed by atoms with Crippen molar-refractivity contribution in [2.24, 2.45) is 11.8 Å².